The molecule has 0 radical (unpaired) electrons. The number of benzene rings is 2. The Morgan fingerprint density at radius 2 is 1.75 bits per heavy atom. The van der Waals surface area contributed by atoms with Crippen LogP contribution in [0, 0.1) is 6.92 Å². The van der Waals surface area contributed by atoms with E-state index in [1.54, 1.807) is 4.90 Å². The molecule has 1 aliphatic rings. The Balaban J connectivity index is 1.56. The fourth-order valence-corrected chi connectivity index (χ4v) is 4.56. The first-order valence-electron chi connectivity index (χ1n) is 11.9. The number of aryl methyl sites for hydroxylation is 1. The molecule has 1 aliphatic heterocycles. The Hall–Kier alpha value is -3.75. The van der Waals surface area contributed by atoms with E-state index in [1.807, 2.05) is 56.4 Å². The molecule has 1 unspecified atom stereocenters. The van der Waals surface area contributed by atoms with Gasteiger partial charge in [0.25, 0.3) is 0 Å². The van der Waals surface area contributed by atoms with Gasteiger partial charge in [0, 0.05) is 31.5 Å². The van der Waals surface area contributed by atoms with Crippen LogP contribution in [0.1, 0.15) is 41.8 Å². The molecule has 6 nitrogen and oxygen atoms in total. The Labute approximate surface area is 208 Å². The minimum absolute atomic E-state index is 0.227. The molecule has 0 fully saturated rings. The van der Waals surface area contributed by atoms with Gasteiger partial charge in [-0.1, -0.05) is 48.9 Å². The van der Waals surface area contributed by atoms with E-state index in [-0.39, 0.29) is 30.7 Å². The summed E-state index contributed by atoms with van der Waals surface area (Å²) in [6.45, 7) is 4.90. The van der Waals surface area contributed by atoms with Gasteiger partial charge in [0.15, 0.2) is 0 Å². The van der Waals surface area contributed by atoms with Crippen molar-refractivity contribution in [2.45, 2.75) is 39.0 Å². The van der Waals surface area contributed by atoms with E-state index in [0.717, 1.165) is 22.9 Å². The third kappa shape index (κ3) is 5.40. The van der Waals surface area contributed by atoms with Crippen molar-refractivity contribution in [3.05, 3.63) is 89.2 Å². The highest BCUT2D eigenvalue weighted by atomic mass is 19.4. The number of rotatable bonds is 6. The van der Waals surface area contributed by atoms with Crippen LogP contribution in [-0.2, 0) is 17.5 Å². The summed E-state index contributed by atoms with van der Waals surface area (Å²) in [7, 11) is 0. The van der Waals surface area contributed by atoms with Gasteiger partial charge in [0.1, 0.15) is 6.54 Å². The van der Waals surface area contributed by atoms with Gasteiger partial charge in [-0.25, -0.2) is 4.79 Å². The monoisotopic (exact) mass is 498 g/mol. The molecule has 0 spiro atoms. The number of fused-ring (bicyclic) bond motifs is 1. The number of halogens is 3. The summed E-state index contributed by atoms with van der Waals surface area (Å²) in [5, 5.41) is 2.36. The summed E-state index contributed by atoms with van der Waals surface area (Å²) in [6.07, 6.45) is -2.08. The van der Waals surface area contributed by atoms with Crippen molar-refractivity contribution in [1.29, 1.82) is 0 Å². The summed E-state index contributed by atoms with van der Waals surface area (Å²) < 4.78 is 42.3. The lowest BCUT2D eigenvalue weighted by Crippen LogP contribution is -2.49. The van der Waals surface area contributed by atoms with E-state index in [2.05, 4.69) is 9.88 Å². The van der Waals surface area contributed by atoms with Crippen molar-refractivity contribution >= 4 is 17.6 Å². The van der Waals surface area contributed by atoms with Gasteiger partial charge in [-0.3, -0.25) is 4.79 Å². The number of para-hydroxylation sites is 1. The molecule has 36 heavy (non-hydrogen) atoms. The number of anilines is 1. The second kappa shape index (κ2) is 10.5. The van der Waals surface area contributed by atoms with Crippen molar-refractivity contribution < 1.29 is 22.8 Å². The maximum atomic E-state index is 13.6. The molecule has 1 atom stereocenters. The zero-order chi connectivity index (χ0) is 25.9. The highest BCUT2D eigenvalue weighted by molar-refractivity contribution is 5.93. The van der Waals surface area contributed by atoms with Crippen LogP contribution in [0.15, 0.2) is 66.9 Å². The van der Waals surface area contributed by atoms with E-state index in [1.165, 1.54) is 23.1 Å². The molecule has 0 saturated carbocycles. The van der Waals surface area contributed by atoms with E-state index < -0.39 is 17.8 Å². The Bertz CT molecular complexity index is 1220. The number of hydrogen-bond acceptors (Lipinski definition) is 2. The molecular weight excluding hydrogens is 469 g/mol. The zero-order valence-corrected chi connectivity index (χ0v) is 20.3. The number of aromatic nitrogens is 1. The van der Waals surface area contributed by atoms with Crippen LogP contribution in [0.25, 0.3) is 0 Å². The highest BCUT2D eigenvalue weighted by Crippen LogP contribution is 2.35. The first kappa shape index (κ1) is 25.3. The standard InChI is InChI=1S/C27H29F3N4O2/c1-3-14-33(26(36)31-22-8-5-4-7-21(22)27(28,29)30)18-24(35)34-17-16-32-15-6-9-23(32)25(34)20-12-10-19(2)11-13-20/h4-13,15,25H,3,14,16-18H2,1-2H3,(H,31,36). The Morgan fingerprint density at radius 1 is 1.03 bits per heavy atom. The quantitative estimate of drug-likeness (QED) is 0.475. The molecular formula is C27H29F3N4O2. The first-order chi connectivity index (χ1) is 17.2. The molecule has 0 saturated heterocycles. The van der Waals surface area contributed by atoms with Crippen LogP contribution in [-0.4, -0.2) is 45.9 Å². The van der Waals surface area contributed by atoms with E-state index in [4.69, 9.17) is 0 Å². The van der Waals surface area contributed by atoms with Crippen molar-refractivity contribution in [2.75, 3.05) is 25.0 Å². The average molecular weight is 499 g/mol. The van der Waals surface area contributed by atoms with Gasteiger partial charge in [0.05, 0.1) is 17.3 Å². The van der Waals surface area contributed by atoms with Gasteiger partial charge in [0.2, 0.25) is 5.91 Å². The zero-order valence-electron chi connectivity index (χ0n) is 20.3. The number of hydrogen-bond donors (Lipinski definition) is 1. The third-order valence-electron chi connectivity index (χ3n) is 6.33. The van der Waals surface area contributed by atoms with Crippen LogP contribution in [0.2, 0.25) is 0 Å². The number of nitrogens with zero attached hydrogens (tertiary/aromatic N) is 3. The summed E-state index contributed by atoms with van der Waals surface area (Å²) in [4.78, 5) is 29.6. The summed E-state index contributed by atoms with van der Waals surface area (Å²) in [5.41, 5.74) is 1.77. The van der Waals surface area contributed by atoms with Crippen molar-refractivity contribution in [2.24, 2.45) is 0 Å². The minimum Gasteiger partial charge on any atom is -0.348 e. The number of alkyl halides is 3. The second-order valence-corrected chi connectivity index (χ2v) is 8.92. The molecule has 9 heteroatoms. The molecule has 0 aliphatic carbocycles. The van der Waals surface area contributed by atoms with E-state index in [9.17, 15) is 22.8 Å². The van der Waals surface area contributed by atoms with Gasteiger partial charge >= 0.3 is 12.2 Å². The topological polar surface area (TPSA) is 57.6 Å². The van der Waals surface area contributed by atoms with Crippen molar-refractivity contribution in [3.8, 4) is 0 Å². The summed E-state index contributed by atoms with van der Waals surface area (Å²) in [6, 6.07) is 15.7. The van der Waals surface area contributed by atoms with Crippen LogP contribution >= 0.6 is 0 Å². The van der Waals surface area contributed by atoms with Crippen LogP contribution in [0.3, 0.4) is 0 Å². The van der Waals surface area contributed by atoms with Crippen molar-refractivity contribution in [3.63, 3.8) is 0 Å². The van der Waals surface area contributed by atoms with Crippen LogP contribution in [0.5, 0.6) is 0 Å². The molecule has 1 N–H and O–H groups in total. The van der Waals surface area contributed by atoms with Gasteiger partial charge in [-0.15, -0.1) is 0 Å². The minimum atomic E-state index is -4.61. The fourth-order valence-electron chi connectivity index (χ4n) is 4.56. The molecule has 4 rings (SSSR count). The lowest BCUT2D eigenvalue weighted by atomic mass is 9.98. The number of nitrogens with one attached hydrogen (secondary N) is 1. The van der Waals surface area contributed by atoms with E-state index in [0.29, 0.717) is 19.5 Å². The predicted octanol–water partition coefficient (Wildman–Crippen LogP) is 5.69. The van der Waals surface area contributed by atoms with E-state index >= 15 is 0 Å². The van der Waals surface area contributed by atoms with Crippen molar-refractivity contribution in [1.82, 2.24) is 14.4 Å². The lowest BCUT2D eigenvalue weighted by Gasteiger charge is -2.38. The maximum absolute atomic E-state index is 13.6. The molecule has 1 aromatic heterocycles. The second-order valence-electron chi connectivity index (χ2n) is 8.92. The maximum Gasteiger partial charge on any atom is 0.418 e. The molecule has 3 aromatic rings. The average Bonchev–Trinajstić information content (AvgIpc) is 3.32. The Kier molecular flexibility index (Phi) is 7.37. The number of carbonyl (C=O) groups is 2. The van der Waals surface area contributed by atoms with Gasteiger partial charge in [-0.2, -0.15) is 13.2 Å². The molecule has 2 aromatic carbocycles. The summed E-state index contributed by atoms with van der Waals surface area (Å²) in [5.74, 6) is -0.263. The predicted molar refractivity (Wildman–Crippen MR) is 131 cm³/mol. The normalized spacial score (nSPS) is 15.4. The van der Waals surface area contributed by atoms with Crippen LogP contribution in [0.4, 0.5) is 23.7 Å². The molecule has 0 bridgehead atoms. The molecule has 3 amide bonds. The molecule has 2 heterocycles. The number of amides is 3. The fraction of sp³-hybridized carbons (Fsp3) is 0.333. The van der Waals surface area contributed by atoms with Crippen LogP contribution < -0.4 is 5.32 Å². The first-order valence-corrected chi connectivity index (χ1v) is 11.9. The summed E-state index contributed by atoms with van der Waals surface area (Å²) >= 11 is 0. The third-order valence-corrected chi connectivity index (χ3v) is 6.33. The number of urea groups is 1. The van der Waals surface area contributed by atoms with Gasteiger partial charge < -0.3 is 19.7 Å². The highest BCUT2D eigenvalue weighted by Gasteiger charge is 2.35. The lowest BCUT2D eigenvalue weighted by molar-refractivity contribution is -0.137. The smallest absolute Gasteiger partial charge is 0.348 e. The van der Waals surface area contributed by atoms with Gasteiger partial charge in [-0.05, 0) is 43.2 Å². The Morgan fingerprint density at radius 3 is 2.44 bits per heavy atom. The SMILES string of the molecule is CCCN(CC(=O)N1CCn2cccc2C1c1ccc(C)cc1)C(=O)Nc1ccccc1C(F)(F)F. The largest absolute Gasteiger partial charge is 0.418 e. The molecule has 190 valence electrons. The number of carbonyl (C=O) groups excluding carboxylic acids is 2.